The molecule has 2 aromatic heterocycles. The third-order valence-corrected chi connectivity index (χ3v) is 5.51. The lowest BCUT2D eigenvalue weighted by atomic mass is 10.1. The van der Waals surface area contributed by atoms with Crippen molar-refractivity contribution in [3.63, 3.8) is 0 Å². The molecule has 13 heteroatoms. The molecule has 0 saturated carbocycles. The van der Waals surface area contributed by atoms with Crippen LogP contribution in [0.1, 0.15) is 27.8 Å². The number of carbonyl (C=O) groups excluding carboxylic acids is 3. The highest BCUT2D eigenvalue weighted by Crippen LogP contribution is 2.32. The van der Waals surface area contributed by atoms with E-state index in [2.05, 4.69) is 74.0 Å². The molecule has 9 nitrogen and oxygen atoms in total. The van der Waals surface area contributed by atoms with Gasteiger partial charge in [-0.05, 0) is 56.1 Å². The number of pyridine rings is 1. The summed E-state index contributed by atoms with van der Waals surface area (Å²) in [7, 11) is 0. The molecule has 0 aliphatic rings. The first-order chi connectivity index (χ1) is 14.7. The van der Waals surface area contributed by atoms with E-state index in [9.17, 15) is 14.4 Å². The number of hydrogen-bond donors (Lipinski definition) is 3. The summed E-state index contributed by atoms with van der Waals surface area (Å²) in [6, 6.07) is 7.93. The summed E-state index contributed by atoms with van der Waals surface area (Å²) in [6.07, 6.45) is 1.52. The number of rotatable bonds is 4. The number of aromatic nitrogens is 3. The predicted octanol–water partition coefficient (Wildman–Crippen LogP) is 4.24. The van der Waals surface area contributed by atoms with Gasteiger partial charge < -0.3 is 5.32 Å². The molecule has 0 unspecified atom stereocenters. The molecule has 31 heavy (non-hydrogen) atoms. The third-order valence-electron chi connectivity index (χ3n) is 3.74. The lowest BCUT2D eigenvalue weighted by molar-refractivity contribution is -0.119. The molecule has 0 aliphatic heterocycles. The molecular weight excluding hydrogens is 623 g/mol. The van der Waals surface area contributed by atoms with E-state index in [4.69, 9.17) is 11.6 Å². The van der Waals surface area contributed by atoms with Crippen LogP contribution in [0.25, 0.3) is 5.82 Å². The highest BCUT2D eigenvalue weighted by molar-refractivity contribution is 9.11. The zero-order valence-corrected chi connectivity index (χ0v) is 21.1. The molecule has 3 amide bonds. The largest absolute Gasteiger partial charge is 0.319 e. The van der Waals surface area contributed by atoms with Gasteiger partial charge in [-0.15, -0.1) is 0 Å². The van der Waals surface area contributed by atoms with Crippen LogP contribution in [0.15, 0.2) is 50.1 Å². The first-order valence-electron chi connectivity index (χ1n) is 8.41. The Bertz CT molecular complexity index is 1200. The summed E-state index contributed by atoms with van der Waals surface area (Å²) in [5, 5.41) is 7.23. The molecule has 1 aromatic carbocycles. The molecule has 0 radical (unpaired) electrons. The lowest BCUT2D eigenvalue weighted by Crippen LogP contribution is -2.40. The van der Waals surface area contributed by atoms with E-state index in [1.807, 2.05) is 0 Å². The molecule has 0 saturated heterocycles. The highest BCUT2D eigenvalue weighted by atomic mass is 79.9. The number of hydrogen-bond acceptors (Lipinski definition) is 5. The van der Waals surface area contributed by atoms with Crippen molar-refractivity contribution in [3.05, 3.63) is 66.4 Å². The molecule has 0 bridgehead atoms. The summed E-state index contributed by atoms with van der Waals surface area (Å²) < 4.78 is 2.69. The third kappa shape index (κ3) is 5.50. The van der Waals surface area contributed by atoms with Crippen molar-refractivity contribution in [2.24, 2.45) is 0 Å². The Hall–Kier alpha value is -2.28. The maximum Gasteiger partial charge on any atom is 0.274 e. The first kappa shape index (κ1) is 23.4. The number of anilines is 1. The Morgan fingerprint density at radius 1 is 1.06 bits per heavy atom. The van der Waals surface area contributed by atoms with Gasteiger partial charge in [-0.1, -0.05) is 27.5 Å². The Labute approximate surface area is 206 Å². The monoisotopic (exact) mass is 632 g/mol. The second-order valence-electron chi connectivity index (χ2n) is 5.97. The fourth-order valence-corrected chi connectivity index (χ4v) is 4.38. The van der Waals surface area contributed by atoms with Gasteiger partial charge in [0.2, 0.25) is 5.91 Å². The summed E-state index contributed by atoms with van der Waals surface area (Å²) in [4.78, 5) is 41.0. The van der Waals surface area contributed by atoms with Gasteiger partial charge >= 0.3 is 0 Å². The average Bonchev–Trinajstić information content (AvgIpc) is 3.09. The number of carbonyl (C=O) groups is 3. The van der Waals surface area contributed by atoms with E-state index in [0.717, 1.165) is 0 Å². The van der Waals surface area contributed by atoms with Crippen molar-refractivity contribution >= 4 is 82.8 Å². The number of amides is 3. The molecule has 160 valence electrons. The van der Waals surface area contributed by atoms with Gasteiger partial charge in [0.1, 0.15) is 10.3 Å². The average molecular weight is 635 g/mol. The van der Waals surface area contributed by atoms with Gasteiger partial charge in [0.25, 0.3) is 11.8 Å². The molecule has 0 fully saturated rings. The first-order valence-corrected chi connectivity index (χ1v) is 11.2. The van der Waals surface area contributed by atoms with Crippen LogP contribution in [0.2, 0.25) is 5.02 Å². The van der Waals surface area contributed by atoms with Gasteiger partial charge in [0.05, 0.1) is 16.3 Å². The van der Waals surface area contributed by atoms with Crippen LogP contribution in [0.4, 0.5) is 5.69 Å². The van der Waals surface area contributed by atoms with Gasteiger partial charge in [0.15, 0.2) is 5.82 Å². The number of hydrazine groups is 1. The van der Waals surface area contributed by atoms with Gasteiger partial charge in [0, 0.05) is 28.1 Å². The molecule has 3 aromatic rings. The van der Waals surface area contributed by atoms with Crippen molar-refractivity contribution in [2.75, 3.05) is 5.32 Å². The van der Waals surface area contributed by atoms with Crippen LogP contribution >= 0.6 is 59.4 Å². The minimum absolute atomic E-state index is 0.101. The van der Waals surface area contributed by atoms with Gasteiger partial charge in [-0.25, -0.2) is 9.67 Å². The van der Waals surface area contributed by atoms with E-state index in [-0.39, 0.29) is 22.8 Å². The molecular formula is C18H12Br3ClN6O3. The van der Waals surface area contributed by atoms with E-state index in [1.165, 1.54) is 29.9 Å². The minimum atomic E-state index is -0.630. The summed E-state index contributed by atoms with van der Waals surface area (Å²) >= 11 is 16.1. The fourth-order valence-electron chi connectivity index (χ4n) is 2.48. The second kappa shape index (κ2) is 9.90. The molecule has 0 atom stereocenters. The molecule has 0 aliphatic carbocycles. The zero-order valence-electron chi connectivity index (χ0n) is 15.5. The van der Waals surface area contributed by atoms with Crippen molar-refractivity contribution in [1.82, 2.24) is 25.6 Å². The van der Waals surface area contributed by atoms with Crippen molar-refractivity contribution in [1.29, 1.82) is 0 Å². The summed E-state index contributed by atoms with van der Waals surface area (Å²) in [5.41, 5.74) is 4.89. The van der Waals surface area contributed by atoms with Crippen LogP contribution in [0.5, 0.6) is 0 Å². The second-order valence-corrected chi connectivity index (χ2v) is 8.96. The molecule has 2 heterocycles. The zero-order chi connectivity index (χ0) is 22.7. The standard InChI is InChI=1S/C18H12Br3ClN6O3/c1-8(29)25-26-17(30)10-5-9(19)6-11(20)15(10)24-18(31)13-7-14(21)27-28(13)16-12(22)3-2-4-23-16/h2-7H,1H3,(H,24,31)(H,25,29)(H,26,30). The van der Waals surface area contributed by atoms with Crippen LogP contribution in [0, 0.1) is 0 Å². The maximum atomic E-state index is 13.1. The Kier molecular flexibility index (Phi) is 7.46. The number of halogens is 4. The molecule has 3 rings (SSSR count). The fraction of sp³-hybridized carbons (Fsp3) is 0.0556. The van der Waals surface area contributed by atoms with Crippen LogP contribution in [-0.2, 0) is 4.79 Å². The van der Waals surface area contributed by atoms with Crippen LogP contribution < -0.4 is 16.2 Å². The van der Waals surface area contributed by atoms with Crippen LogP contribution in [0.3, 0.4) is 0 Å². The van der Waals surface area contributed by atoms with Crippen molar-refractivity contribution in [3.8, 4) is 5.82 Å². The quantitative estimate of drug-likeness (QED) is 0.371. The highest BCUT2D eigenvalue weighted by Gasteiger charge is 2.23. The van der Waals surface area contributed by atoms with Gasteiger partial charge in [-0.3, -0.25) is 25.2 Å². The van der Waals surface area contributed by atoms with Crippen LogP contribution in [-0.4, -0.2) is 32.5 Å². The van der Waals surface area contributed by atoms with E-state index in [0.29, 0.717) is 18.6 Å². The Balaban J connectivity index is 1.99. The van der Waals surface area contributed by atoms with E-state index >= 15 is 0 Å². The normalized spacial score (nSPS) is 10.5. The van der Waals surface area contributed by atoms with Crippen molar-refractivity contribution < 1.29 is 14.4 Å². The van der Waals surface area contributed by atoms with Crippen molar-refractivity contribution in [2.45, 2.75) is 6.92 Å². The lowest BCUT2D eigenvalue weighted by Gasteiger charge is -2.15. The SMILES string of the molecule is CC(=O)NNC(=O)c1cc(Br)cc(Br)c1NC(=O)c1cc(Br)nn1-c1ncccc1Cl. The molecule has 0 spiro atoms. The predicted molar refractivity (Wildman–Crippen MR) is 125 cm³/mol. The number of nitrogens with zero attached hydrogens (tertiary/aromatic N) is 3. The summed E-state index contributed by atoms with van der Waals surface area (Å²) in [5.74, 6) is -1.39. The number of benzene rings is 1. The maximum absolute atomic E-state index is 13.1. The van der Waals surface area contributed by atoms with E-state index < -0.39 is 17.7 Å². The summed E-state index contributed by atoms with van der Waals surface area (Å²) in [6.45, 7) is 1.25. The minimum Gasteiger partial charge on any atom is -0.319 e. The molecule has 3 N–H and O–H groups in total. The number of nitrogens with one attached hydrogen (secondary N) is 3. The Morgan fingerprint density at radius 2 is 1.81 bits per heavy atom. The Morgan fingerprint density at radius 3 is 2.48 bits per heavy atom. The van der Waals surface area contributed by atoms with E-state index in [1.54, 1.807) is 18.2 Å². The smallest absolute Gasteiger partial charge is 0.274 e. The topological polar surface area (TPSA) is 118 Å². The van der Waals surface area contributed by atoms with Gasteiger partial charge in [-0.2, -0.15) is 5.10 Å².